The van der Waals surface area contributed by atoms with E-state index < -0.39 is 0 Å². The number of hydrogen-bond acceptors (Lipinski definition) is 0. The molecular weight excluding hydrogens is 144 g/mol. The van der Waals surface area contributed by atoms with Crippen molar-refractivity contribution in [3.63, 3.8) is 0 Å². The van der Waals surface area contributed by atoms with Crippen LogP contribution in [0.2, 0.25) is 0 Å². The van der Waals surface area contributed by atoms with E-state index in [2.05, 4.69) is 31.2 Å². The molecule has 0 aliphatic heterocycles. The minimum Gasteiger partial charge on any atom is -0.0804 e. The molecule has 0 bridgehead atoms. The second-order valence-electron chi connectivity index (χ2n) is 3.70. The fourth-order valence-electron chi connectivity index (χ4n) is 2.03. The Balaban J connectivity index is 2.24. The maximum atomic E-state index is 2.46. The topological polar surface area (TPSA) is 0 Å². The lowest BCUT2D eigenvalue weighted by molar-refractivity contribution is 0.581. The average Bonchev–Trinajstić information content (AvgIpc) is 2.43. The molecule has 0 fully saturated rings. The molecule has 0 aromatic rings. The highest BCUT2D eigenvalue weighted by atomic mass is 14.2. The summed E-state index contributed by atoms with van der Waals surface area (Å²) in [5, 5.41) is 0. The quantitative estimate of drug-likeness (QED) is 0.549. The minimum absolute atomic E-state index is 0.816. The molecule has 2 aliphatic carbocycles. The largest absolute Gasteiger partial charge is 0.0804 e. The van der Waals surface area contributed by atoms with Crippen LogP contribution in [-0.2, 0) is 0 Å². The summed E-state index contributed by atoms with van der Waals surface area (Å²) < 4.78 is 0. The number of allylic oxidation sites excluding steroid dienone is 6. The predicted octanol–water partition coefficient (Wildman–Crippen LogP) is 3.62. The van der Waals surface area contributed by atoms with Crippen LogP contribution in [-0.4, -0.2) is 0 Å². The van der Waals surface area contributed by atoms with Gasteiger partial charge in [0.2, 0.25) is 0 Å². The first-order chi connectivity index (χ1) is 5.90. The van der Waals surface area contributed by atoms with Gasteiger partial charge in [0.25, 0.3) is 0 Å². The van der Waals surface area contributed by atoms with E-state index >= 15 is 0 Å². The highest BCUT2D eigenvalue weighted by molar-refractivity contribution is 5.47. The minimum atomic E-state index is 0.816. The molecule has 1 atom stereocenters. The van der Waals surface area contributed by atoms with Gasteiger partial charge in [-0.15, -0.1) is 0 Å². The summed E-state index contributed by atoms with van der Waals surface area (Å²) in [6.45, 7) is 2.28. The van der Waals surface area contributed by atoms with Gasteiger partial charge in [-0.25, -0.2) is 0 Å². The van der Waals surface area contributed by atoms with Crippen molar-refractivity contribution in [1.29, 1.82) is 0 Å². The van der Waals surface area contributed by atoms with Gasteiger partial charge < -0.3 is 0 Å². The molecule has 0 aromatic heterocycles. The lowest BCUT2D eigenvalue weighted by atomic mass is 10.00. The van der Waals surface area contributed by atoms with Gasteiger partial charge >= 0.3 is 0 Å². The van der Waals surface area contributed by atoms with Crippen LogP contribution in [0.4, 0.5) is 0 Å². The summed E-state index contributed by atoms with van der Waals surface area (Å²) in [5.74, 6) is 0.816. The molecule has 64 valence electrons. The van der Waals surface area contributed by atoms with Gasteiger partial charge in [0.05, 0.1) is 0 Å². The Hall–Kier alpha value is -0.780. The first-order valence-electron chi connectivity index (χ1n) is 4.98. The van der Waals surface area contributed by atoms with Gasteiger partial charge in [0.15, 0.2) is 0 Å². The van der Waals surface area contributed by atoms with Crippen LogP contribution in [0.25, 0.3) is 0 Å². The molecule has 0 radical (unpaired) electrons. The molecule has 2 rings (SSSR count). The Morgan fingerprint density at radius 2 is 2.42 bits per heavy atom. The molecule has 0 N–H and O–H groups in total. The SMILES string of the molecule is CCC1C=C2C=CCC2=CCC1. The van der Waals surface area contributed by atoms with Crippen molar-refractivity contribution >= 4 is 0 Å². The van der Waals surface area contributed by atoms with Crippen LogP contribution in [0, 0.1) is 5.92 Å². The van der Waals surface area contributed by atoms with Crippen LogP contribution in [0.15, 0.2) is 35.5 Å². The van der Waals surface area contributed by atoms with Crippen molar-refractivity contribution in [2.75, 3.05) is 0 Å². The Kier molecular flexibility index (Phi) is 2.16. The van der Waals surface area contributed by atoms with Crippen LogP contribution in [0.3, 0.4) is 0 Å². The zero-order valence-corrected chi connectivity index (χ0v) is 7.72. The summed E-state index contributed by atoms with van der Waals surface area (Å²) >= 11 is 0. The third kappa shape index (κ3) is 1.38. The Morgan fingerprint density at radius 1 is 1.50 bits per heavy atom. The van der Waals surface area contributed by atoms with Gasteiger partial charge in [-0.2, -0.15) is 0 Å². The van der Waals surface area contributed by atoms with Crippen molar-refractivity contribution < 1.29 is 0 Å². The lowest BCUT2D eigenvalue weighted by Crippen LogP contribution is -1.92. The van der Waals surface area contributed by atoms with Crippen LogP contribution in [0.5, 0.6) is 0 Å². The van der Waals surface area contributed by atoms with Crippen molar-refractivity contribution in [1.82, 2.24) is 0 Å². The van der Waals surface area contributed by atoms with Gasteiger partial charge in [-0.05, 0) is 42.7 Å². The molecule has 0 nitrogen and oxygen atoms in total. The molecule has 2 aliphatic rings. The molecule has 1 unspecified atom stereocenters. The predicted molar refractivity (Wildman–Crippen MR) is 52.9 cm³/mol. The van der Waals surface area contributed by atoms with Crippen molar-refractivity contribution in [3.8, 4) is 0 Å². The molecule has 0 amide bonds. The summed E-state index contributed by atoms with van der Waals surface area (Å²) in [4.78, 5) is 0. The molecule has 0 saturated carbocycles. The molecule has 0 heterocycles. The van der Waals surface area contributed by atoms with Crippen molar-refractivity contribution in [2.24, 2.45) is 5.92 Å². The summed E-state index contributed by atoms with van der Waals surface area (Å²) in [6.07, 6.45) is 14.5. The molecule has 0 aromatic carbocycles. The van der Waals surface area contributed by atoms with Gasteiger partial charge in [-0.1, -0.05) is 31.2 Å². The molecule has 0 spiro atoms. The maximum Gasteiger partial charge on any atom is -0.00915 e. The first-order valence-corrected chi connectivity index (χ1v) is 4.98. The third-order valence-corrected chi connectivity index (χ3v) is 2.87. The van der Waals surface area contributed by atoms with E-state index in [1.54, 1.807) is 5.57 Å². The Bertz CT molecular complexity index is 253. The smallest absolute Gasteiger partial charge is 0.00915 e. The number of fused-ring (bicyclic) bond motifs is 1. The normalized spacial score (nSPS) is 27.6. The van der Waals surface area contributed by atoms with E-state index in [4.69, 9.17) is 0 Å². The van der Waals surface area contributed by atoms with Crippen molar-refractivity contribution in [3.05, 3.63) is 35.5 Å². The molecule has 0 heteroatoms. The van der Waals surface area contributed by atoms with E-state index in [1.807, 2.05) is 0 Å². The number of hydrogen-bond donors (Lipinski definition) is 0. The van der Waals surface area contributed by atoms with Gasteiger partial charge in [0.1, 0.15) is 0 Å². The van der Waals surface area contributed by atoms with Crippen LogP contribution in [0.1, 0.15) is 32.6 Å². The van der Waals surface area contributed by atoms with Crippen molar-refractivity contribution in [2.45, 2.75) is 32.6 Å². The average molecular weight is 160 g/mol. The van der Waals surface area contributed by atoms with Gasteiger partial charge in [-0.3, -0.25) is 0 Å². The number of rotatable bonds is 1. The molecular formula is C12H16. The van der Waals surface area contributed by atoms with E-state index in [-0.39, 0.29) is 0 Å². The first kappa shape index (κ1) is 7.85. The second kappa shape index (κ2) is 3.30. The summed E-state index contributed by atoms with van der Waals surface area (Å²) in [7, 11) is 0. The third-order valence-electron chi connectivity index (χ3n) is 2.87. The zero-order valence-electron chi connectivity index (χ0n) is 7.72. The monoisotopic (exact) mass is 160 g/mol. The maximum absolute atomic E-state index is 2.46. The summed E-state index contributed by atoms with van der Waals surface area (Å²) in [5.41, 5.74) is 3.06. The van der Waals surface area contributed by atoms with E-state index in [0.717, 1.165) is 5.92 Å². The molecule has 0 saturated heterocycles. The molecule has 12 heavy (non-hydrogen) atoms. The fourth-order valence-corrected chi connectivity index (χ4v) is 2.03. The summed E-state index contributed by atoms with van der Waals surface area (Å²) in [6, 6.07) is 0. The highest BCUT2D eigenvalue weighted by Crippen LogP contribution is 2.30. The fraction of sp³-hybridized carbons (Fsp3) is 0.500. The van der Waals surface area contributed by atoms with E-state index in [0.29, 0.717) is 0 Å². The van der Waals surface area contributed by atoms with Crippen LogP contribution >= 0.6 is 0 Å². The zero-order chi connectivity index (χ0) is 8.39. The Morgan fingerprint density at radius 3 is 3.25 bits per heavy atom. The van der Waals surface area contributed by atoms with Crippen LogP contribution < -0.4 is 0 Å². The highest BCUT2D eigenvalue weighted by Gasteiger charge is 2.13. The Labute approximate surface area is 74.7 Å². The van der Waals surface area contributed by atoms with Gasteiger partial charge in [0, 0.05) is 0 Å². The second-order valence-corrected chi connectivity index (χ2v) is 3.70. The van der Waals surface area contributed by atoms with E-state index in [1.165, 1.54) is 31.3 Å². The van der Waals surface area contributed by atoms with E-state index in [9.17, 15) is 0 Å². The standard InChI is InChI=1S/C12H16/c1-2-10-5-3-6-11-7-4-8-12(11)9-10/h4,6,8-10H,2-3,5,7H2,1H3. The lowest BCUT2D eigenvalue weighted by Gasteiger charge is -2.06.